The monoisotopic (exact) mass is 499 g/mol. The van der Waals surface area contributed by atoms with Crippen molar-refractivity contribution >= 4 is 33.7 Å². The number of amides is 1. The van der Waals surface area contributed by atoms with E-state index < -0.39 is 5.97 Å². The number of nitrogens with one attached hydrogen (secondary N) is 1. The van der Waals surface area contributed by atoms with Gasteiger partial charge in [0.15, 0.2) is 0 Å². The van der Waals surface area contributed by atoms with Crippen molar-refractivity contribution in [1.82, 2.24) is 14.5 Å². The van der Waals surface area contributed by atoms with Crippen molar-refractivity contribution in [3.63, 3.8) is 0 Å². The molecule has 7 heteroatoms. The van der Waals surface area contributed by atoms with E-state index in [2.05, 4.69) is 20.5 Å². The molecule has 3 heterocycles. The zero-order valence-electron chi connectivity index (χ0n) is 21.3. The van der Waals surface area contributed by atoms with Gasteiger partial charge in [-0.15, -0.1) is 0 Å². The fraction of sp³-hybridized carbons (Fsp3) is 0.400. The maximum atomic E-state index is 13.1. The van der Waals surface area contributed by atoms with Crippen molar-refractivity contribution in [3.05, 3.63) is 59.3 Å². The fourth-order valence-electron chi connectivity index (χ4n) is 6.51. The summed E-state index contributed by atoms with van der Waals surface area (Å²) < 4.78 is 9.70. The van der Waals surface area contributed by atoms with Crippen LogP contribution in [-0.4, -0.2) is 46.4 Å². The number of aryl methyl sites for hydroxylation is 2. The molecule has 2 N–H and O–H groups in total. The van der Waals surface area contributed by atoms with Gasteiger partial charge in [-0.25, -0.2) is 4.79 Å². The molecule has 0 radical (unpaired) electrons. The molecule has 2 aliphatic rings. The highest BCUT2D eigenvalue weighted by atomic mass is 16.5. The maximum Gasteiger partial charge on any atom is 0.335 e. The summed E-state index contributed by atoms with van der Waals surface area (Å²) in [6, 6.07) is 11.9. The number of rotatable bonds is 6. The Kier molecular flexibility index (Phi) is 6.24. The quantitative estimate of drug-likeness (QED) is 0.329. The van der Waals surface area contributed by atoms with E-state index >= 15 is 0 Å². The summed E-state index contributed by atoms with van der Waals surface area (Å²) in [5.41, 5.74) is 6.76. The van der Waals surface area contributed by atoms with E-state index in [0.717, 1.165) is 54.3 Å². The number of fused-ring (bicyclic) bond motifs is 4. The van der Waals surface area contributed by atoms with Crippen molar-refractivity contribution < 1.29 is 19.4 Å². The lowest BCUT2D eigenvalue weighted by Crippen LogP contribution is -2.26. The molecule has 0 spiro atoms. The SMILES string of the molecule is COCCNC(=O)c1cn2c3c(cccc13)-c1c(C3CCCCC3)c3ccc(C(=O)O)cc3n1CCC2. The molecule has 4 aromatic rings. The van der Waals surface area contributed by atoms with Gasteiger partial charge in [-0.2, -0.15) is 0 Å². The van der Waals surface area contributed by atoms with Crippen molar-refractivity contribution in [1.29, 1.82) is 0 Å². The van der Waals surface area contributed by atoms with Crippen LogP contribution in [0.2, 0.25) is 0 Å². The topological polar surface area (TPSA) is 85.5 Å². The number of carbonyl (C=O) groups is 2. The fourth-order valence-corrected chi connectivity index (χ4v) is 6.51. The molecule has 1 aliphatic carbocycles. The number of benzene rings is 2. The first-order valence-corrected chi connectivity index (χ1v) is 13.4. The number of aromatic nitrogens is 2. The molecule has 1 fully saturated rings. The molecule has 2 aromatic heterocycles. The summed E-state index contributed by atoms with van der Waals surface area (Å²) in [6.45, 7) is 2.52. The van der Waals surface area contributed by atoms with Crippen molar-refractivity contribution in [2.45, 2.75) is 57.5 Å². The summed E-state index contributed by atoms with van der Waals surface area (Å²) in [5, 5.41) is 14.8. The van der Waals surface area contributed by atoms with Crippen LogP contribution in [0.25, 0.3) is 33.1 Å². The Bertz CT molecular complexity index is 1510. The van der Waals surface area contributed by atoms with Gasteiger partial charge in [-0.05, 0) is 42.9 Å². The molecule has 0 unspecified atom stereocenters. The Labute approximate surface area is 216 Å². The van der Waals surface area contributed by atoms with E-state index in [9.17, 15) is 14.7 Å². The lowest BCUT2D eigenvalue weighted by atomic mass is 9.81. The highest BCUT2D eigenvalue weighted by molar-refractivity contribution is 6.11. The zero-order valence-corrected chi connectivity index (χ0v) is 21.3. The lowest BCUT2D eigenvalue weighted by Gasteiger charge is -2.25. The molecule has 192 valence electrons. The largest absolute Gasteiger partial charge is 0.478 e. The average molecular weight is 500 g/mol. The van der Waals surface area contributed by atoms with Gasteiger partial charge in [0.1, 0.15) is 0 Å². The second-order valence-corrected chi connectivity index (χ2v) is 10.3. The third-order valence-electron chi connectivity index (χ3n) is 8.13. The first-order chi connectivity index (χ1) is 18.1. The predicted molar refractivity (Wildman–Crippen MR) is 144 cm³/mol. The minimum atomic E-state index is -0.900. The third kappa shape index (κ3) is 4.02. The second-order valence-electron chi connectivity index (χ2n) is 10.3. The van der Waals surface area contributed by atoms with E-state index in [4.69, 9.17) is 4.74 Å². The van der Waals surface area contributed by atoms with Crippen molar-refractivity contribution in [2.24, 2.45) is 0 Å². The Morgan fingerprint density at radius 2 is 1.89 bits per heavy atom. The van der Waals surface area contributed by atoms with Crippen LogP contribution in [0.15, 0.2) is 42.6 Å². The van der Waals surface area contributed by atoms with Crippen LogP contribution >= 0.6 is 0 Å². The normalized spacial score (nSPS) is 15.9. The molecule has 0 atom stereocenters. The van der Waals surface area contributed by atoms with Gasteiger partial charge in [0, 0.05) is 54.8 Å². The van der Waals surface area contributed by atoms with E-state index in [1.165, 1.54) is 35.9 Å². The van der Waals surface area contributed by atoms with Crippen LogP contribution in [-0.2, 0) is 17.8 Å². The van der Waals surface area contributed by atoms with Crippen LogP contribution < -0.4 is 5.32 Å². The highest BCUT2D eigenvalue weighted by Gasteiger charge is 2.30. The molecule has 6 rings (SSSR count). The van der Waals surface area contributed by atoms with E-state index in [-0.39, 0.29) is 5.91 Å². The van der Waals surface area contributed by atoms with Gasteiger partial charge in [-0.3, -0.25) is 4.79 Å². The average Bonchev–Trinajstić information content (AvgIpc) is 3.43. The number of ether oxygens (including phenoxy) is 1. The van der Waals surface area contributed by atoms with Crippen molar-refractivity contribution in [3.8, 4) is 11.3 Å². The summed E-state index contributed by atoms with van der Waals surface area (Å²) in [5.74, 6) is -0.544. The zero-order chi connectivity index (χ0) is 25.5. The standard InChI is InChI=1S/C30H33N3O4/c1-37-16-13-31-29(34)24-18-32-14-6-15-33-25-17-20(30(35)36)11-12-22(25)26(19-7-3-2-4-8-19)28(33)23-10-5-9-21(24)27(23)32/h5,9-12,17-19H,2-4,6-8,13-16H2,1H3,(H,31,34)(H,35,36). The second kappa shape index (κ2) is 9.71. The summed E-state index contributed by atoms with van der Waals surface area (Å²) >= 11 is 0. The van der Waals surface area contributed by atoms with Gasteiger partial charge < -0.3 is 24.3 Å². The molecule has 37 heavy (non-hydrogen) atoms. The van der Waals surface area contributed by atoms with Crippen LogP contribution in [0.1, 0.15) is 70.7 Å². The van der Waals surface area contributed by atoms with Gasteiger partial charge in [-0.1, -0.05) is 43.5 Å². The van der Waals surface area contributed by atoms with Gasteiger partial charge in [0.2, 0.25) is 0 Å². The minimum absolute atomic E-state index is 0.0867. The van der Waals surface area contributed by atoms with Crippen molar-refractivity contribution in [2.75, 3.05) is 20.3 Å². The number of carbonyl (C=O) groups excluding carboxylic acids is 1. The molecule has 7 nitrogen and oxygen atoms in total. The Balaban J connectivity index is 1.61. The molecule has 1 saturated carbocycles. The van der Waals surface area contributed by atoms with Gasteiger partial charge in [0.05, 0.1) is 28.9 Å². The van der Waals surface area contributed by atoms with E-state index in [1.807, 2.05) is 30.5 Å². The first-order valence-electron chi connectivity index (χ1n) is 13.4. The number of nitrogens with zero attached hydrogens (tertiary/aromatic N) is 2. The van der Waals surface area contributed by atoms with E-state index in [1.54, 1.807) is 13.2 Å². The van der Waals surface area contributed by atoms with Crippen LogP contribution in [0.5, 0.6) is 0 Å². The summed E-state index contributed by atoms with van der Waals surface area (Å²) in [6.07, 6.45) is 8.90. The molecular weight excluding hydrogens is 466 g/mol. The highest BCUT2D eigenvalue weighted by Crippen LogP contribution is 2.46. The Morgan fingerprint density at radius 1 is 1.05 bits per heavy atom. The predicted octanol–water partition coefficient (Wildman–Crippen LogP) is 5.79. The molecule has 1 aliphatic heterocycles. The number of hydrogen-bond donors (Lipinski definition) is 2. The number of para-hydroxylation sites is 1. The molecule has 0 bridgehead atoms. The summed E-state index contributed by atoms with van der Waals surface area (Å²) in [7, 11) is 1.63. The number of carboxylic acid groups (broad SMARTS) is 1. The lowest BCUT2D eigenvalue weighted by molar-refractivity contribution is 0.0696. The molecular formula is C30H33N3O4. The summed E-state index contributed by atoms with van der Waals surface area (Å²) in [4.78, 5) is 25.0. The number of methoxy groups -OCH3 is 1. The number of carboxylic acids is 1. The van der Waals surface area contributed by atoms with Crippen LogP contribution in [0.3, 0.4) is 0 Å². The smallest absolute Gasteiger partial charge is 0.335 e. The van der Waals surface area contributed by atoms with Gasteiger partial charge >= 0.3 is 5.97 Å². The van der Waals surface area contributed by atoms with Gasteiger partial charge in [0.25, 0.3) is 5.91 Å². The minimum Gasteiger partial charge on any atom is -0.478 e. The number of hydrogen-bond acceptors (Lipinski definition) is 3. The van der Waals surface area contributed by atoms with Crippen LogP contribution in [0, 0.1) is 0 Å². The molecule has 2 aromatic carbocycles. The number of aromatic carboxylic acids is 1. The maximum absolute atomic E-state index is 13.1. The molecule has 1 amide bonds. The Hall–Kier alpha value is -3.58. The molecule has 0 saturated heterocycles. The Morgan fingerprint density at radius 3 is 2.68 bits per heavy atom. The third-order valence-corrected chi connectivity index (χ3v) is 8.13. The first kappa shape index (κ1) is 23.8. The van der Waals surface area contributed by atoms with E-state index in [0.29, 0.717) is 30.2 Å². The van der Waals surface area contributed by atoms with Crippen LogP contribution in [0.4, 0.5) is 0 Å².